The zero-order valence-electron chi connectivity index (χ0n) is 9.63. The number of pyridine rings is 1. The summed E-state index contributed by atoms with van der Waals surface area (Å²) in [5.41, 5.74) is 1.48. The first kappa shape index (κ1) is 11.6. The van der Waals surface area contributed by atoms with E-state index in [0.717, 1.165) is 5.52 Å². The smallest absolute Gasteiger partial charge is 0.251 e. The van der Waals surface area contributed by atoms with Crippen LogP contribution in [0.5, 0.6) is 0 Å². The van der Waals surface area contributed by atoms with Crippen molar-refractivity contribution in [3.05, 3.63) is 36.4 Å². The molecule has 0 saturated carbocycles. The minimum atomic E-state index is -0.131. The van der Waals surface area contributed by atoms with E-state index in [1.54, 1.807) is 30.9 Å². The summed E-state index contributed by atoms with van der Waals surface area (Å²) in [5.74, 6) is -0.0633. The lowest BCUT2D eigenvalue weighted by atomic mass is 10.2. The maximum atomic E-state index is 11.8. The number of imidazole rings is 1. The lowest BCUT2D eigenvalue weighted by Gasteiger charge is -2.09. The van der Waals surface area contributed by atoms with Crippen molar-refractivity contribution in [1.29, 1.82) is 0 Å². The summed E-state index contributed by atoms with van der Waals surface area (Å²) in [6.07, 6.45) is 5.19. The van der Waals surface area contributed by atoms with Crippen LogP contribution >= 0.6 is 0 Å². The van der Waals surface area contributed by atoms with Crippen LogP contribution in [0.4, 0.5) is 0 Å². The molecule has 0 aliphatic rings. The summed E-state index contributed by atoms with van der Waals surface area (Å²) >= 11 is 0. The molecule has 2 aromatic rings. The van der Waals surface area contributed by atoms with Crippen LogP contribution in [0.1, 0.15) is 17.3 Å². The number of carbonyl (C=O) groups excluding carboxylic acids is 1. The first-order valence-electron chi connectivity index (χ1n) is 5.51. The summed E-state index contributed by atoms with van der Waals surface area (Å²) in [5, 5.41) is 11.6. The normalized spacial score (nSPS) is 12.6. The van der Waals surface area contributed by atoms with Crippen LogP contribution in [-0.4, -0.2) is 33.6 Å². The second kappa shape index (κ2) is 4.97. The van der Waals surface area contributed by atoms with Crippen molar-refractivity contribution in [2.75, 3.05) is 13.2 Å². The van der Waals surface area contributed by atoms with Crippen LogP contribution in [0, 0.1) is 5.92 Å². The number of fused-ring (bicyclic) bond motifs is 1. The molecule has 2 N–H and O–H groups in total. The number of rotatable bonds is 4. The quantitative estimate of drug-likeness (QED) is 0.816. The molecule has 2 aromatic heterocycles. The van der Waals surface area contributed by atoms with Gasteiger partial charge in [0.15, 0.2) is 0 Å². The van der Waals surface area contributed by atoms with Crippen LogP contribution in [0.3, 0.4) is 0 Å². The molecular formula is C12H15N3O2. The Balaban J connectivity index is 2.08. The predicted molar refractivity (Wildman–Crippen MR) is 63.8 cm³/mol. The molecule has 0 radical (unpaired) electrons. The number of amides is 1. The number of aromatic nitrogens is 2. The van der Waals surface area contributed by atoms with Crippen molar-refractivity contribution >= 4 is 11.4 Å². The van der Waals surface area contributed by atoms with Gasteiger partial charge in [-0.1, -0.05) is 6.92 Å². The molecule has 0 aliphatic carbocycles. The highest BCUT2D eigenvalue weighted by Crippen LogP contribution is 2.06. The summed E-state index contributed by atoms with van der Waals surface area (Å²) in [7, 11) is 0. The molecular weight excluding hydrogens is 218 g/mol. The Labute approximate surface area is 99.1 Å². The molecule has 5 heteroatoms. The topological polar surface area (TPSA) is 66.6 Å². The zero-order valence-corrected chi connectivity index (χ0v) is 9.63. The monoisotopic (exact) mass is 233 g/mol. The van der Waals surface area contributed by atoms with E-state index in [0.29, 0.717) is 12.1 Å². The van der Waals surface area contributed by atoms with E-state index in [-0.39, 0.29) is 18.4 Å². The number of hydrogen-bond acceptors (Lipinski definition) is 3. The first-order chi connectivity index (χ1) is 8.20. The van der Waals surface area contributed by atoms with Crippen molar-refractivity contribution < 1.29 is 9.90 Å². The lowest BCUT2D eigenvalue weighted by Crippen LogP contribution is -2.29. The average Bonchev–Trinajstić information content (AvgIpc) is 2.82. The van der Waals surface area contributed by atoms with Gasteiger partial charge in [0, 0.05) is 24.9 Å². The van der Waals surface area contributed by atoms with Crippen molar-refractivity contribution in [1.82, 2.24) is 14.7 Å². The molecule has 0 bridgehead atoms. The second-order valence-corrected chi connectivity index (χ2v) is 4.14. The highest BCUT2D eigenvalue weighted by Gasteiger charge is 2.08. The van der Waals surface area contributed by atoms with Gasteiger partial charge in [0.25, 0.3) is 5.91 Å². The Morgan fingerprint density at radius 2 is 2.47 bits per heavy atom. The Bertz CT molecular complexity index is 521. The standard InChI is InChI=1S/C12H15N3O2/c1-9(7-16)5-14-12(17)10-2-3-15-8-13-6-11(15)4-10/h2-4,6,8-9,16H,5,7H2,1H3,(H,14,17). The van der Waals surface area contributed by atoms with Gasteiger partial charge in [0.1, 0.15) is 0 Å². The Hall–Kier alpha value is -1.88. The molecule has 1 amide bonds. The fourth-order valence-electron chi connectivity index (χ4n) is 1.49. The van der Waals surface area contributed by atoms with Crippen molar-refractivity contribution in [2.24, 2.45) is 5.92 Å². The second-order valence-electron chi connectivity index (χ2n) is 4.14. The molecule has 2 heterocycles. The summed E-state index contributed by atoms with van der Waals surface area (Å²) < 4.78 is 1.84. The number of aliphatic hydroxyl groups excluding tert-OH is 1. The van der Waals surface area contributed by atoms with E-state index in [1.165, 1.54) is 0 Å². The minimum absolute atomic E-state index is 0.0673. The number of nitrogens with zero attached hydrogens (tertiary/aromatic N) is 2. The van der Waals surface area contributed by atoms with Crippen molar-refractivity contribution in [3.63, 3.8) is 0 Å². The largest absolute Gasteiger partial charge is 0.396 e. The Morgan fingerprint density at radius 1 is 1.65 bits per heavy atom. The fraction of sp³-hybridized carbons (Fsp3) is 0.333. The van der Waals surface area contributed by atoms with Crippen LogP contribution in [0.15, 0.2) is 30.9 Å². The average molecular weight is 233 g/mol. The van der Waals surface area contributed by atoms with Gasteiger partial charge in [-0.2, -0.15) is 0 Å². The van der Waals surface area contributed by atoms with E-state index in [9.17, 15) is 4.79 Å². The molecule has 90 valence electrons. The molecule has 0 spiro atoms. The molecule has 2 rings (SSSR count). The fourth-order valence-corrected chi connectivity index (χ4v) is 1.49. The summed E-state index contributed by atoms with van der Waals surface area (Å²) in [6, 6.07) is 3.53. The van der Waals surface area contributed by atoms with Crippen molar-refractivity contribution in [2.45, 2.75) is 6.92 Å². The predicted octanol–water partition coefficient (Wildman–Crippen LogP) is 0.692. The van der Waals surface area contributed by atoms with E-state index in [2.05, 4.69) is 10.3 Å². The lowest BCUT2D eigenvalue weighted by molar-refractivity contribution is 0.0942. The van der Waals surface area contributed by atoms with Gasteiger partial charge < -0.3 is 14.8 Å². The molecule has 0 saturated heterocycles. The molecule has 0 aliphatic heterocycles. The third-order valence-corrected chi connectivity index (χ3v) is 2.60. The number of hydrogen-bond donors (Lipinski definition) is 2. The molecule has 1 atom stereocenters. The van der Waals surface area contributed by atoms with E-state index >= 15 is 0 Å². The van der Waals surface area contributed by atoms with E-state index in [4.69, 9.17) is 5.11 Å². The Morgan fingerprint density at radius 3 is 3.24 bits per heavy atom. The first-order valence-corrected chi connectivity index (χ1v) is 5.51. The van der Waals surface area contributed by atoms with E-state index in [1.807, 2.05) is 11.3 Å². The van der Waals surface area contributed by atoms with Gasteiger partial charge in [0.2, 0.25) is 0 Å². The third-order valence-electron chi connectivity index (χ3n) is 2.60. The van der Waals surface area contributed by atoms with Crippen LogP contribution < -0.4 is 5.32 Å². The van der Waals surface area contributed by atoms with E-state index < -0.39 is 0 Å². The number of nitrogens with one attached hydrogen (secondary N) is 1. The maximum absolute atomic E-state index is 11.8. The van der Waals surface area contributed by atoms with Crippen molar-refractivity contribution in [3.8, 4) is 0 Å². The SMILES string of the molecule is CC(CO)CNC(=O)c1ccn2cncc2c1. The summed E-state index contributed by atoms with van der Waals surface area (Å²) in [4.78, 5) is 15.8. The van der Waals surface area contributed by atoms with Crippen LogP contribution in [0.2, 0.25) is 0 Å². The van der Waals surface area contributed by atoms with Gasteiger partial charge >= 0.3 is 0 Å². The number of carbonyl (C=O) groups is 1. The molecule has 17 heavy (non-hydrogen) atoms. The molecule has 0 aromatic carbocycles. The van der Waals surface area contributed by atoms with Gasteiger partial charge in [0.05, 0.1) is 18.0 Å². The van der Waals surface area contributed by atoms with Gasteiger partial charge in [-0.15, -0.1) is 0 Å². The minimum Gasteiger partial charge on any atom is -0.396 e. The van der Waals surface area contributed by atoms with Gasteiger partial charge in [-0.3, -0.25) is 4.79 Å². The molecule has 5 nitrogen and oxygen atoms in total. The van der Waals surface area contributed by atoms with Gasteiger partial charge in [-0.25, -0.2) is 4.98 Å². The zero-order chi connectivity index (χ0) is 12.3. The molecule has 0 fully saturated rings. The van der Waals surface area contributed by atoms with Crippen LogP contribution in [0.25, 0.3) is 5.52 Å². The third kappa shape index (κ3) is 2.62. The highest BCUT2D eigenvalue weighted by molar-refractivity contribution is 5.95. The number of aliphatic hydroxyl groups is 1. The molecule has 1 unspecified atom stereocenters. The Kier molecular flexibility index (Phi) is 3.39. The summed E-state index contributed by atoms with van der Waals surface area (Å²) in [6.45, 7) is 2.42. The highest BCUT2D eigenvalue weighted by atomic mass is 16.3. The maximum Gasteiger partial charge on any atom is 0.251 e. The van der Waals surface area contributed by atoms with Crippen LogP contribution in [-0.2, 0) is 0 Å². The van der Waals surface area contributed by atoms with Gasteiger partial charge in [-0.05, 0) is 18.1 Å².